The highest BCUT2D eigenvalue weighted by Crippen LogP contribution is 2.26. The van der Waals surface area contributed by atoms with Crippen LogP contribution in [0, 0.1) is 0 Å². The number of nitrogens with zero attached hydrogens (tertiary/aromatic N) is 3. The van der Waals surface area contributed by atoms with Crippen molar-refractivity contribution >= 4 is 27.5 Å². The van der Waals surface area contributed by atoms with E-state index in [9.17, 15) is 5.11 Å². The first-order valence-electron chi connectivity index (χ1n) is 5.66. The van der Waals surface area contributed by atoms with Crippen molar-refractivity contribution in [3.05, 3.63) is 16.4 Å². The summed E-state index contributed by atoms with van der Waals surface area (Å²) in [5, 5.41) is 14.4. The topological polar surface area (TPSA) is 41.3 Å². The minimum Gasteiger partial charge on any atom is -0.387 e. The van der Waals surface area contributed by atoms with Crippen LogP contribution in [0.1, 0.15) is 24.6 Å². The van der Waals surface area contributed by atoms with E-state index in [1.165, 1.54) is 0 Å². The van der Waals surface area contributed by atoms with Crippen molar-refractivity contribution in [3.8, 4) is 0 Å². The van der Waals surface area contributed by atoms with Crippen molar-refractivity contribution in [1.29, 1.82) is 0 Å². The van der Waals surface area contributed by atoms with Crippen LogP contribution in [0.4, 0.5) is 0 Å². The summed E-state index contributed by atoms with van der Waals surface area (Å²) in [5.74, 6) is 0.570. The summed E-state index contributed by atoms with van der Waals surface area (Å²) in [6.07, 6.45) is 2.69. The zero-order valence-electron chi connectivity index (χ0n) is 10.2. The lowest BCUT2D eigenvalue weighted by atomic mass is 10.1. The van der Waals surface area contributed by atoms with Crippen LogP contribution in [-0.4, -0.2) is 46.3 Å². The van der Waals surface area contributed by atoms with Gasteiger partial charge < -0.3 is 10.0 Å². The molecule has 0 saturated heterocycles. The molecule has 1 unspecified atom stereocenters. The van der Waals surface area contributed by atoms with E-state index in [1.807, 2.05) is 18.8 Å². The highest BCUT2D eigenvalue weighted by Gasteiger charge is 2.17. The molecule has 1 N–H and O–H groups in total. The molecular formula is C11H19BrClN3O. The molecule has 1 heterocycles. The molecule has 0 amide bonds. The summed E-state index contributed by atoms with van der Waals surface area (Å²) >= 11 is 9.06. The van der Waals surface area contributed by atoms with Gasteiger partial charge in [-0.1, -0.05) is 0 Å². The Kier molecular flexibility index (Phi) is 6.48. The second-order valence-electron chi connectivity index (χ2n) is 4.25. The van der Waals surface area contributed by atoms with Gasteiger partial charge >= 0.3 is 0 Å². The fourth-order valence-electron chi connectivity index (χ4n) is 1.58. The Labute approximate surface area is 116 Å². The molecule has 17 heavy (non-hydrogen) atoms. The van der Waals surface area contributed by atoms with Crippen LogP contribution < -0.4 is 0 Å². The van der Waals surface area contributed by atoms with Crippen molar-refractivity contribution in [2.45, 2.75) is 25.5 Å². The van der Waals surface area contributed by atoms with Gasteiger partial charge in [-0.3, -0.25) is 4.68 Å². The lowest BCUT2D eigenvalue weighted by Gasteiger charge is -2.15. The largest absolute Gasteiger partial charge is 0.387 e. The molecule has 0 radical (unpaired) electrons. The van der Waals surface area contributed by atoms with E-state index in [1.54, 1.807) is 6.20 Å². The van der Waals surface area contributed by atoms with E-state index in [-0.39, 0.29) is 0 Å². The van der Waals surface area contributed by atoms with Gasteiger partial charge in [0, 0.05) is 12.4 Å². The highest BCUT2D eigenvalue weighted by atomic mass is 79.9. The normalized spacial score (nSPS) is 13.3. The van der Waals surface area contributed by atoms with Gasteiger partial charge in [0.05, 0.1) is 29.0 Å². The molecule has 0 bridgehead atoms. The first kappa shape index (κ1) is 15.0. The molecule has 1 aromatic heterocycles. The summed E-state index contributed by atoms with van der Waals surface area (Å²) in [4.78, 5) is 2.09. The van der Waals surface area contributed by atoms with Crippen LogP contribution >= 0.6 is 27.5 Å². The predicted octanol–water partition coefficient (Wildman–Crippen LogP) is 2.26. The Morgan fingerprint density at radius 3 is 2.88 bits per heavy atom. The first-order valence-corrected chi connectivity index (χ1v) is 6.99. The monoisotopic (exact) mass is 323 g/mol. The average Bonchev–Trinajstić information content (AvgIpc) is 2.64. The Morgan fingerprint density at radius 1 is 1.59 bits per heavy atom. The number of alkyl halides is 1. The smallest absolute Gasteiger partial charge is 0.0968 e. The van der Waals surface area contributed by atoms with Crippen LogP contribution in [0.3, 0.4) is 0 Å². The molecular weight excluding hydrogens is 305 g/mol. The van der Waals surface area contributed by atoms with E-state index in [0.717, 1.165) is 29.7 Å². The Morgan fingerprint density at radius 2 is 2.29 bits per heavy atom. The van der Waals surface area contributed by atoms with Gasteiger partial charge in [0.15, 0.2) is 0 Å². The highest BCUT2D eigenvalue weighted by molar-refractivity contribution is 9.10. The molecule has 0 aliphatic rings. The van der Waals surface area contributed by atoms with E-state index in [2.05, 4.69) is 25.9 Å². The van der Waals surface area contributed by atoms with E-state index in [0.29, 0.717) is 12.3 Å². The first-order chi connectivity index (χ1) is 8.06. The number of hydrogen-bond donors (Lipinski definition) is 1. The molecule has 1 rings (SSSR count). The third-order valence-corrected chi connectivity index (χ3v) is 3.40. The van der Waals surface area contributed by atoms with Crippen LogP contribution in [-0.2, 0) is 6.54 Å². The maximum absolute atomic E-state index is 10.1. The molecule has 0 saturated carbocycles. The van der Waals surface area contributed by atoms with Crippen LogP contribution in [0.15, 0.2) is 10.7 Å². The van der Waals surface area contributed by atoms with Crippen molar-refractivity contribution in [2.24, 2.45) is 0 Å². The molecule has 0 spiro atoms. The molecule has 0 aliphatic heterocycles. The average molecular weight is 325 g/mol. The van der Waals surface area contributed by atoms with Crippen molar-refractivity contribution in [1.82, 2.24) is 14.7 Å². The van der Waals surface area contributed by atoms with Gasteiger partial charge in [-0.15, -0.1) is 11.6 Å². The van der Waals surface area contributed by atoms with Gasteiger partial charge in [-0.2, -0.15) is 5.10 Å². The van der Waals surface area contributed by atoms with Gasteiger partial charge in [0.2, 0.25) is 0 Å². The zero-order valence-corrected chi connectivity index (χ0v) is 12.6. The third kappa shape index (κ3) is 4.58. The summed E-state index contributed by atoms with van der Waals surface area (Å²) in [7, 11) is 4.03. The van der Waals surface area contributed by atoms with E-state index >= 15 is 0 Å². The van der Waals surface area contributed by atoms with Crippen molar-refractivity contribution in [2.75, 3.05) is 26.5 Å². The summed E-state index contributed by atoms with van der Waals surface area (Å²) in [6.45, 7) is 1.66. The number of hydrogen-bond acceptors (Lipinski definition) is 3. The van der Waals surface area contributed by atoms with Crippen LogP contribution in [0.5, 0.6) is 0 Å². The van der Waals surface area contributed by atoms with Crippen molar-refractivity contribution in [3.63, 3.8) is 0 Å². The minimum atomic E-state index is -0.507. The Balaban J connectivity index is 2.71. The number of aromatic nitrogens is 2. The van der Waals surface area contributed by atoms with Gasteiger partial charge in [0.1, 0.15) is 0 Å². The molecule has 0 aromatic carbocycles. The molecule has 4 nitrogen and oxygen atoms in total. The number of rotatable bonds is 7. The zero-order chi connectivity index (χ0) is 12.8. The van der Waals surface area contributed by atoms with E-state index < -0.39 is 6.10 Å². The number of aliphatic hydroxyl groups excluding tert-OH is 1. The minimum absolute atomic E-state index is 0.507. The SMILES string of the molecule is CN(C)CCn1ncc(Br)c1C(O)CCCCl. The fourth-order valence-corrected chi connectivity index (χ4v) is 2.30. The summed E-state index contributed by atoms with van der Waals surface area (Å²) in [6, 6.07) is 0. The van der Waals surface area contributed by atoms with Gasteiger partial charge in [0.25, 0.3) is 0 Å². The van der Waals surface area contributed by atoms with Crippen LogP contribution in [0.25, 0.3) is 0 Å². The molecule has 98 valence electrons. The van der Waals surface area contributed by atoms with Gasteiger partial charge in [-0.25, -0.2) is 0 Å². The summed E-state index contributed by atoms with van der Waals surface area (Å²) < 4.78 is 2.71. The molecule has 1 atom stereocenters. The second-order valence-corrected chi connectivity index (χ2v) is 5.48. The number of aliphatic hydroxyl groups is 1. The second kappa shape index (κ2) is 7.36. The summed E-state index contributed by atoms with van der Waals surface area (Å²) in [5.41, 5.74) is 0.844. The fraction of sp³-hybridized carbons (Fsp3) is 0.727. The standard InChI is InChI=1S/C11H19BrClN3O/c1-15(2)6-7-16-11(9(12)8-14-16)10(17)4-3-5-13/h8,10,17H,3-7H2,1-2H3. The maximum atomic E-state index is 10.1. The lowest BCUT2D eigenvalue weighted by Crippen LogP contribution is -2.21. The Hall–Kier alpha value is -0.100. The molecule has 0 fully saturated rings. The van der Waals surface area contributed by atoms with E-state index in [4.69, 9.17) is 11.6 Å². The molecule has 6 heteroatoms. The Bertz CT molecular complexity index is 343. The quantitative estimate of drug-likeness (QED) is 0.782. The number of halogens is 2. The van der Waals surface area contributed by atoms with Crippen molar-refractivity contribution < 1.29 is 5.11 Å². The molecule has 0 aliphatic carbocycles. The van der Waals surface area contributed by atoms with Gasteiger partial charge in [-0.05, 0) is 42.9 Å². The predicted molar refractivity (Wildman–Crippen MR) is 73.4 cm³/mol. The third-order valence-electron chi connectivity index (χ3n) is 2.52. The maximum Gasteiger partial charge on any atom is 0.0968 e. The molecule has 1 aromatic rings. The lowest BCUT2D eigenvalue weighted by molar-refractivity contribution is 0.153. The van der Waals surface area contributed by atoms with Crippen LogP contribution in [0.2, 0.25) is 0 Å². The number of likely N-dealkylation sites (N-methyl/N-ethyl adjacent to an activating group) is 1.